The average molecular weight is 219 g/mol. The van der Waals surface area contributed by atoms with E-state index in [1.807, 2.05) is 12.4 Å². The summed E-state index contributed by atoms with van der Waals surface area (Å²) in [6.45, 7) is 2.15. The molecule has 2 N–H and O–H groups in total. The van der Waals surface area contributed by atoms with Gasteiger partial charge >= 0.3 is 0 Å². The normalized spacial score (nSPS) is 19.8. The van der Waals surface area contributed by atoms with Crippen LogP contribution in [-0.2, 0) is 0 Å². The van der Waals surface area contributed by atoms with Crippen LogP contribution in [0.4, 0.5) is 0 Å². The fourth-order valence-corrected chi connectivity index (χ4v) is 2.28. The molecule has 1 saturated carbocycles. The largest absolute Gasteiger partial charge is 0.326 e. The Morgan fingerprint density at radius 1 is 1.44 bits per heavy atom. The second kappa shape index (κ2) is 4.93. The number of hydrogen-bond acceptors (Lipinski definition) is 3. The fraction of sp³-hybridized carbons (Fsp3) is 0.615. The second-order valence-electron chi connectivity index (χ2n) is 4.69. The second-order valence-corrected chi connectivity index (χ2v) is 4.69. The molecule has 1 aromatic heterocycles. The highest BCUT2D eigenvalue weighted by Gasteiger charge is 2.34. The van der Waals surface area contributed by atoms with Gasteiger partial charge in [-0.1, -0.05) is 6.92 Å². The van der Waals surface area contributed by atoms with E-state index in [1.165, 1.54) is 18.4 Å². The van der Waals surface area contributed by atoms with Gasteiger partial charge in [-0.15, -0.1) is 0 Å². The lowest BCUT2D eigenvalue weighted by Gasteiger charge is -2.32. The van der Waals surface area contributed by atoms with Gasteiger partial charge in [0.25, 0.3) is 0 Å². The van der Waals surface area contributed by atoms with Gasteiger partial charge in [-0.25, -0.2) is 0 Å². The van der Waals surface area contributed by atoms with Crippen molar-refractivity contribution >= 4 is 0 Å². The number of aromatic nitrogens is 1. The van der Waals surface area contributed by atoms with E-state index >= 15 is 0 Å². The Bertz CT molecular complexity index is 321. The van der Waals surface area contributed by atoms with Crippen molar-refractivity contribution < 1.29 is 0 Å². The molecule has 3 heteroatoms. The minimum Gasteiger partial charge on any atom is -0.326 e. The first-order valence-corrected chi connectivity index (χ1v) is 6.11. The highest BCUT2D eigenvalue weighted by Crippen LogP contribution is 2.34. The maximum absolute atomic E-state index is 6.25. The Labute approximate surface area is 97.7 Å². The van der Waals surface area contributed by atoms with Gasteiger partial charge in [-0.05, 0) is 44.0 Å². The van der Waals surface area contributed by atoms with Gasteiger partial charge in [0.05, 0.1) is 0 Å². The van der Waals surface area contributed by atoms with Crippen LogP contribution in [0.25, 0.3) is 0 Å². The zero-order valence-corrected chi connectivity index (χ0v) is 10.1. The Balaban J connectivity index is 2.20. The molecular weight excluding hydrogens is 198 g/mol. The summed E-state index contributed by atoms with van der Waals surface area (Å²) >= 11 is 0. The Morgan fingerprint density at radius 2 is 2.06 bits per heavy atom. The monoisotopic (exact) mass is 219 g/mol. The quantitative estimate of drug-likeness (QED) is 0.823. The molecule has 0 amide bonds. The van der Waals surface area contributed by atoms with Gasteiger partial charge in [-0.3, -0.25) is 9.88 Å². The summed E-state index contributed by atoms with van der Waals surface area (Å²) in [6, 6.07) is 5.43. The standard InChI is InChI=1S/C13H21N3/c1-3-12(14)13(16(2)11-4-5-11)10-6-8-15-9-7-10/h6-9,11-13H,3-5,14H2,1-2H3. The summed E-state index contributed by atoms with van der Waals surface area (Å²) in [7, 11) is 2.19. The van der Waals surface area contributed by atoms with Gasteiger partial charge in [0.2, 0.25) is 0 Å². The third-order valence-electron chi connectivity index (χ3n) is 3.49. The molecule has 16 heavy (non-hydrogen) atoms. The number of hydrogen-bond donors (Lipinski definition) is 1. The Hall–Kier alpha value is -0.930. The number of nitrogens with zero attached hydrogens (tertiary/aromatic N) is 2. The zero-order chi connectivity index (χ0) is 11.5. The molecule has 0 saturated heterocycles. The first-order chi connectivity index (χ1) is 7.74. The summed E-state index contributed by atoms with van der Waals surface area (Å²) in [4.78, 5) is 6.51. The number of pyridine rings is 1. The van der Waals surface area contributed by atoms with E-state index in [9.17, 15) is 0 Å². The molecule has 0 spiro atoms. The van der Waals surface area contributed by atoms with Crippen molar-refractivity contribution in [2.75, 3.05) is 7.05 Å². The third-order valence-corrected chi connectivity index (χ3v) is 3.49. The molecule has 0 radical (unpaired) electrons. The predicted molar refractivity (Wildman–Crippen MR) is 66.0 cm³/mol. The van der Waals surface area contributed by atoms with Crippen LogP contribution in [0.1, 0.15) is 37.8 Å². The highest BCUT2D eigenvalue weighted by atomic mass is 15.2. The van der Waals surface area contributed by atoms with Gasteiger partial charge in [0, 0.05) is 30.5 Å². The van der Waals surface area contributed by atoms with E-state index in [0.29, 0.717) is 6.04 Å². The van der Waals surface area contributed by atoms with Crippen molar-refractivity contribution in [1.82, 2.24) is 9.88 Å². The van der Waals surface area contributed by atoms with Gasteiger partial charge in [0.15, 0.2) is 0 Å². The maximum Gasteiger partial charge on any atom is 0.0500 e. The molecule has 0 aromatic carbocycles. The van der Waals surface area contributed by atoms with Gasteiger partial charge < -0.3 is 5.73 Å². The molecule has 1 aliphatic carbocycles. The van der Waals surface area contributed by atoms with Crippen LogP contribution in [0, 0.1) is 0 Å². The molecule has 1 aromatic rings. The van der Waals surface area contributed by atoms with Crippen molar-refractivity contribution in [2.45, 2.75) is 44.3 Å². The predicted octanol–water partition coefficient (Wildman–Crippen LogP) is 1.95. The number of nitrogens with two attached hydrogens (primary N) is 1. The fourth-order valence-electron chi connectivity index (χ4n) is 2.28. The Morgan fingerprint density at radius 3 is 2.56 bits per heavy atom. The highest BCUT2D eigenvalue weighted by molar-refractivity contribution is 5.18. The van der Waals surface area contributed by atoms with Crippen molar-refractivity contribution in [3.05, 3.63) is 30.1 Å². The maximum atomic E-state index is 6.25. The average Bonchev–Trinajstić information content (AvgIpc) is 3.14. The van der Waals surface area contributed by atoms with Crippen LogP contribution in [0.15, 0.2) is 24.5 Å². The molecule has 2 rings (SSSR count). The van der Waals surface area contributed by atoms with Gasteiger partial charge in [-0.2, -0.15) is 0 Å². The molecule has 2 atom stereocenters. The molecule has 0 bridgehead atoms. The first-order valence-electron chi connectivity index (χ1n) is 6.11. The van der Waals surface area contributed by atoms with Crippen LogP contribution >= 0.6 is 0 Å². The lowest BCUT2D eigenvalue weighted by Crippen LogP contribution is -2.39. The molecule has 3 nitrogen and oxygen atoms in total. The first kappa shape index (κ1) is 11.6. The smallest absolute Gasteiger partial charge is 0.0500 e. The molecule has 1 fully saturated rings. The summed E-state index contributed by atoms with van der Waals surface area (Å²) in [6.07, 6.45) is 7.34. The molecule has 0 aliphatic heterocycles. The van der Waals surface area contributed by atoms with Crippen LogP contribution in [0.2, 0.25) is 0 Å². The molecule has 1 heterocycles. The van der Waals surface area contributed by atoms with E-state index in [1.54, 1.807) is 0 Å². The number of rotatable bonds is 5. The Kier molecular flexibility index (Phi) is 3.56. The summed E-state index contributed by atoms with van der Waals surface area (Å²) in [5.74, 6) is 0. The van der Waals surface area contributed by atoms with E-state index < -0.39 is 0 Å². The molecular formula is C13H21N3. The van der Waals surface area contributed by atoms with Crippen molar-refractivity contribution in [2.24, 2.45) is 5.73 Å². The van der Waals surface area contributed by atoms with Crippen molar-refractivity contribution in [3.8, 4) is 0 Å². The summed E-state index contributed by atoms with van der Waals surface area (Å²) in [5.41, 5.74) is 7.54. The third kappa shape index (κ3) is 2.42. The van der Waals surface area contributed by atoms with Crippen LogP contribution < -0.4 is 5.73 Å². The van der Waals surface area contributed by atoms with Crippen LogP contribution in [0.5, 0.6) is 0 Å². The lowest BCUT2D eigenvalue weighted by atomic mass is 9.97. The minimum absolute atomic E-state index is 0.202. The SMILES string of the molecule is CCC(N)C(c1ccncc1)N(C)C1CC1. The van der Waals surface area contributed by atoms with Crippen LogP contribution in [-0.4, -0.2) is 29.0 Å². The topological polar surface area (TPSA) is 42.1 Å². The number of likely N-dealkylation sites (N-methyl/N-ethyl adjacent to an activating group) is 1. The molecule has 88 valence electrons. The minimum atomic E-state index is 0.202. The van der Waals surface area contributed by atoms with Crippen LogP contribution in [0.3, 0.4) is 0 Å². The van der Waals surface area contributed by atoms with E-state index in [4.69, 9.17) is 5.73 Å². The molecule has 2 unspecified atom stereocenters. The summed E-state index contributed by atoms with van der Waals surface area (Å²) < 4.78 is 0. The summed E-state index contributed by atoms with van der Waals surface area (Å²) in [5, 5.41) is 0. The van der Waals surface area contributed by atoms with Crippen molar-refractivity contribution in [3.63, 3.8) is 0 Å². The van der Waals surface area contributed by atoms with E-state index in [2.05, 4.69) is 36.0 Å². The van der Waals surface area contributed by atoms with Gasteiger partial charge in [0.1, 0.15) is 0 Å². The van der Waals surface area contributed by atoms with E-state index in [-0.39, 0.29) is 6.04 Å². The lowest BCUT2D eigenvalue weighted by molar-refractivity contribution is 0.200. The van der Waals surface area contributed by atoms with Crippen molar-refractivity contribution in [1.29, 1.82) is 0 Å². The van der Waals surface area contributed by atoms with E-state index in [0.717, 1.165) is 12.5 Å². The molecule has 1 aliphatic rings. The zero-order valence-electron chi connectivity index (χ0n) is 10.1.